The maximum Gasteiger partial charge on any atom is 0.410 e. The van der Waals surface area contributed by atoms with Crippen LogP contribution in [0.15, 0.2) is 60.7 Å². The summed E-state index contributed by atoms with van der Waals surface area (Å²) >= 11 is 0. The minimum Gasteiger partial charge on any atom is -0.445 e. The molecular formula is C20H22N2O4. The lowest BCUT2D eigenvalue weighted by molar-refractivity contribution is -0.150. The number of amides is 2. The van der Waals surface area contributed by atoms with Crippen molar-refractivity contribution in [2.24, 2.45) is 0 Å². The standard InChI is InChI=1S/C20H22N2O4/c1-25-19(17-10-6-3-7-11-17)22-13-12-21(14-18(22)23)20(24)26-15-16-8-4-2-5-9-16/h2-11,19H,12-15H2,1H3. The van der Waals surface area contributed by atoms with Crippen molar-refractivity contribution in [3.05, 3.63) is 71.8 Å². The SMILES string of the molecule is COC(c1ccccc1)N1CCN(C(=O)OCc2ccccc2)CC1=O. The first-order valence-electron chi connectivity index (χ1n) is 8.52. The van der Waals surface area contributed by atoms with Gasteiger partial charge < -0.3 is 14.4 Å². The molecule has 2 aromatic rings. The monoisotopic (exact) mass is 354 g/mol. The van der Waals surface area contributed by atoms with Crippen LogP contribution >= 0.6 is 0 Å². The van der Waals surface area contributed by atoms with Crippen LogP contribution in [0.25, 0.3) is 0 Å². The van der Waals surface area contributed by atoms with Gasteiger partial charge in [-0.1, -0.05) is 60.7 Å². The smallest absolute Gasteiger partial charge is 0.410 e. The summed E-state index contributed by atoms with van der Waals surface area (Å²) in [5.41, 5.74) is 1.82. The quantitative estimate of drug-likeness (QED) is 0.828. The van der Waals surface area contributed by atoms with E-state index in [1.165, 1.54) is 4.90 Å². The number of hydrogen-bond donors (Lipinski definition) is 0. The zero-order chi connectivity index (χ0) is 18.4. The molecule has 0 bridgehead atoms. The van der Waals surface area contributed by atoms with E-state index in [4.69, 9.17) is 9.47 Å². The number of rotatable bonds is 5. The molecule has 1 atom stereocenters. The summed E-state index contributed by atoms with van der Waals surface area (Å²) in [6, 6.07) is 19.0. The van der Waals surface area contributed by atoms with E-state index in [2.05, 4.69) is 0 Å². The summed E-state index contributed by atoms with van der Waals surface area (Å²) in [6.07, 6.45) is -0.929. The van der Waals surface area contributed by atoms with Gasteiger partial charge in [0, 0.05) is 25.8 Å². The van der Waals surface area contributed by atoms with Crippen molar-refractivity contribution < 1.29 is 19.1 Å². The highest BCUT2D eigenvalue weighted by Gasteiger charge is 2.33. The minimum atomic E-state index is -0.476. The number of carbonyl (C=O) groups excluding carboxylic acids is 2. The molecule has 1 aliphatic heterocycles. The highest BCUT2D eigenvalue weighted by atomic mass is 16.6. The zero-order valence-corrected chi connectivity index (χ0v) is 14.7. The van der Waals surface area contributed by atoms with Crippen LogP contribution < -0.4 is 0 Å². The molecule has 0 radical (unpaired) electrons. The van der Waals surface area contributed by atoms with Gasteiger partial charge in [0.25, 0.3) is 0 Å². The number of ether oxygens (including phenoxy) is 2. The molecule has 1 saturated heterocycles. The molecule has 3 rings (SSSR count). The van der Waals surface area contributed by atoms with Gasteiger partial charge in [0.1, 0.15) is 13.2 Å². The Kier molecular flexibility index (Phi) is 5.86. The molecule has 2 aromatic carbocycles. The normalized spacial score (nSPS) is 15.7. The lowest BCUT2D eigenvalue weighted by atomic mass is 10.1. The molecule has 26 heavy (non-hydrogen) atoms. The van der Waals surface area contributed by atoms with Gasteiger partial charge in [-0.3, -0.25) is 9.69 Å². The molecule has 1 aliphatic rings. The molecule has 0 spiro atoms. The Bertz CT molecular complexity index is 736. The lowest BCUT2D eigenvalue weighted by Crippen LogP contribution is -2.53. The molecule has 2 amide bonds. The molecule has 0 aliphatic carbocycles. The Labute approximate surface area is 152 Å². The molecule has 0 saturated carbocycles. The molecule has 1 fully saturated rings. The summed E-state index contributed by atoms with van der Waals surface area (Å²) in [4.78, 5) is 27.9. The Morgan fingerprint density at radius 1 is 1.04 bits per heavy atom. The van der Waals surface area contributed by atoms with Crippen molar-refractivity contribution in [3.63, 3.8) is 0 Å². The molecule has 0 aromatic heterocycles. The lowest BCUT2D eigenvalue weighted by Gasteiger charge is -2.37. The largest absolute Gasteiger partial charge is 0.445 e. The molecular weight excluding hydrogens is 332 g/mol. The van der Waals surface area contributed by atoms with Crippen molar-refractivity contribution >= 4 is 12.0 Å². The Morgan fingerprint density at radius 2 is 1.69 bits per heavy atom. The number of piperazine rings is 1. The van der Waals surface area contributed by atoms with E-state index in [1.807, 2.05) is 60.7 Å². The van der Waals surface area contributed by atoms with Crippen molar-refractivity contribution in [2.75, 3.05) is 26.7 Å². The fourth-order valence-electron chi connectivity index (χ4n) is 2.96. The Morgan fingerprint density at radius 3 is 2.31 bits per heavy atom. The van der Waals surface area contributed by atoms with Crippen molar-refractivity contribution in [2.45, 2.75) is 12.8 Å². The first kappa shape index (κ1) is 17.9. The van der Waals surface area contributed by atoms with Gasteiger partial charge in [-0.2, -0.15) is 0 Å². The van der Waals surface area contributed by atoms with Crippen molar-refractivity contribution in [1.82, 2.24) is 9.80 Å². The maximum absolute atomic E-state index is 12.6. The van der Waals surface area contributed by atoms with Crippen LogP contribution in [0.3, 0.4) is 0 Å². The summed E-state index contributed by atoms with van der Waals surface area (Å²) in [5.74, 6) is -0.163. The van der Waals surface area contributed by atoms with Crippen molar-refractivity contribution in [3.8, 4) is 0 Å². The Balaban J connectivity index is 1.57. The topological polar surface area (TPSA) is 59.1 Å². The number of methoxy groups -OCH3 is 1. The number of nitrogens with zero attached hydrogens (tertiary/aromatic N) is 2. The van der Waals surface area contributed by atoms with Crippen LogP contribution in [-0.4, -0.2) is 48.5 Å². The highest BCUT2D eigenvalue weighted by molar-refractivity contribution is 5.83. The highest BCUT2D eigenvalue weighted by Crippen LogP contribution is 2.23. The second kappa shape index (κ2) is 8.49. The predicted octanol–water partition coefficient (Wildman–Crippen LogP) is 2.81. The summed E-state index contributed by atoms with van der Waals surface area (Å²) in [7, 11) is 1.57. The van der Waals surface area contributed by atoms with Gasteiger partial charge in [0.2, 0.25) is 5.91 Å². The number of benzene rings is 2. The summed E-state index contributed by atoms with van der Waals surface area (Å²) in [5, 5.41) is 0. The summed E-state index contributed by atoms with van der Waals surface area (Å²) < 4.78 is 10.8. The van der Waals surface area contributed by atoms with Crippen LogP contribution in [0.5, 0.6) is 0 Å². The second-order valence-corrected chi connectivity index (χ2v) is 6.05. The fraction of sp³-hybridized carbons (Fsp3) is 0.300. The van der Waals surface area contributed by atoms with E-state index in [-0.39, 0.29) is 19.1 Å². The maximum atomic E-state index is 12.6. The number of hydrogen-bond acceptors (Lipinski definition) is 4. The molecule has 1 heterocycles. The third kappa shape index (κ3) is 4.21. The minimum absolute atomic E-state index is 0.0136. The van der Waals surface area contributed by atoms with E-state index >= 15 is 0 Å². The average molecular weight is 354 g/mol. The summed E-state index contributed by atoms with van der Waals surface area (Å²) in [6.45, 7) is 0.984. The van der Waals surface area contributed by atoms with Gasteiger partial charge in [-0.05, 0) is 5.56 Å². The average Bonchev–Trinajstić information content (AvgIpc) is 2.69. The van der Waals surface area contributed by atoms with E-state index < -0.39 is 12.3 Å². The van der Waals surface area contributed by atoms with Crippen LogP contribution in [0.2, 0.25) is 0 Å². The molecule has 0 N–H and O–H groups in total. The van der Waals surface area contributed by atoms with Gasteiger partial charge >= 0.3 is 6.09 Å². The van der Waals surface area contributed by atoms with E-state index in [9.17, 15) is 9.59 Å². The third-order valence-corrected chi connectivity index (χ3v) is 4.31. The molecule has 136 valence electrons. The van der Waals surface area contributed by atoms with Gasteiger partial charge in [0.05, 0.1) is 0 Å². The molecule has 6 heteroatoms. The van der Waals surface area contributed by atoms with Gasteiger partial charge in [0.15, 0.2) is 6.23 Å². The van der Waals surface area contributed by atoms with Crippen LogP contribution in [0.4, 0.5) is 4.79 Å². The van der Waals surface area contributed by atoms with Crippen molar-refractivity contribution in [1.29, 1.82) is 0 Å². The molecule has 1 unspecified atom stereocenters. The van der Waals surface area contributed by atoms with E-state index in [0.29, 0.717) is 13.1 Å². The van der Waals surface area contributed by atoms with Crippen LogP contribution in [0.1, 0.15) is 17.4 Å². The van der Waals surface area contributed by atoms with Crippen LogP contribution in [0, 0.1) is 0 Å². The van der Waals surface area contributed by atoms with E-state index in [0.717, 1.165) is 11.1 Å². The van der Waals surface area contributed by atoms with E-state index in [1.54, 1.807) is 12.0 Å². The first-order chi connectivity index (χ1) is 12.7. The van der Waals surface area contributed by atoms with Gasteiger partial charge in [-0.25, -0.2) is 4.79 Å². The third-order valence-electron chi connectivity index (χ3n) is 4.31. The van der Waals surface area contributed by atoms with Gasteiger partial charge in [-0.15, -0.1) is 0 Å². The predicted molar refractivity (Wildman–Crippen MR) is 96.1 cm³/mol. The second-order valence-electron chi connectivity index (χ2n) is 6.05. The molecule has 6 nitrogen and oxygen atoms in total. The first-order valence-corrected chi connectivity index (χ1v) is 8.52. The fourth-order valence-corrected chi connectivity index (χ4v) is 2.96. The zero-order valence-electron chi connectivity index (χ0n) is 14.7. The number of carbonyl (C=O) groups is 2. The Hall–Kier alpha value is -2.86. The van der Waals surface area contributed by atoms with Crippen LogP contribution in [-0.2, 0) is 20.9 Å².